The second-order valence-corrected chi connectivity index (χ2v) is 5.86. The van der Waals surface area contributed by atoms with E-state index in [2.05, 4.69) is 26.6 Å². The van der Waals surface area contributed by atoms with Crippen LogP contribution in [0.2, 0.25) is 0 Å². The first kappa shape index (κ1) is 18.3. The third-order valence-electron chi connectivity index (χ3n) is 3.00. The van der Waals surface area contributed by atoms with E-state index >= 15 is 0 Å². The summed E-state index contributed by atoms with van der Waals surface area (Å²) in [4.78, 5) is 11.2. The summed E-state index contributed by atoms with van der Waals surface area (Å²) in [6.07, 6.45) is 0. The number of nitrogens with one attached hydrogen (secondary N) is 2. The van der Waals surface area contributed by atoms with E-state index in [1.54, 1.807) is 0 Å². The number of benzene rings is 2. The zero-order chi connectivity index (χ0) is 18.0. The number of ketones is 1. The molecule has 3 nitrogen and oxygen atoms in total. The smallest absolute Gasteiger partial charge is 0.186 e. The van der Waals surface area contributed by atoms with Crippen LogP contribution in [0.15, 0.2) is 28.7 Å². The Hall–Kier alpha value is -2.00. The number of thiocarbonyl (C=S) groups is 1. The molecule has 0 saturated carbocycles. The van der Waals surface area contributed by atoms with E-state index in [0.717, 1.165) is 0 Å². The molecule has 0 heterocycles. The van der Waals surface area contributed by atoms with Crippen LogP contribution >= 0.6 is 28.1 Å². The van der Waals surface area contributed by atoms with Crippen LogP contribution in [0.25, 0.3) is 0 Å². The normalized spacial score (nSPS) is 10.4. The Kier molecular flexibility index (Phi) is 5.55. The van der Waals surface area contributed by atoms with Crippen molar-refractivity contribution >= 4 is 50.4 Å². The van der Waals surface area contributed by atoms with Gasteiger partial charge in [0.2, 0.25) is 0 Å². The average Bonchev–Trinajstić information content (AvgIpc) is 2.55. The highest BCUT2D eigenvalue weighted by Gasteiger charge is 2.24. The summed E-state index contributed by atoms with van der Waals surface area (Å²) < 4.78 is 53.5. The summed E-state index contributed by atoms with van der Waals surface area (Å²) in [7, 11) is 0. The Morgan fingerprint density at radius 1 is 0.958 bits per heavy atom. The lowest BCUT2D eigenvalue weighted by atomic mass is 10.1. The summed E-state index contributed by atoms with van der Waals surface area (Å²) in [5.74, 6) is -6.52. The van der Waals surface area contributed by atoms with Crippen molar-refractivity contribution in [2.24, 2.45) is 0 Å². The topological polar surface area (TPSA) is 41.1 Å². The zero-order valence-corrected chi connectivity index (χ0v) is 14.4. The standard InChI is InChI=1S/C15H9BrF4N2OS/c1-6(23)7-2-4-8(5-3-7)21-15(24)22-14-12(19)10(17)9(16)11(18)13(14)20/h2-5H,1H3,(H2,21,22,24). The molecular weight excluding hydrogens is 412 g/mol. The quantitative estimate of drug-likeness (QED) is 0.240. The molecule has 0 aromatic heterocycles. The highest BCUT2D eigenvalue weighted by Crippen LogP contribution is 2.31. The minimum Gasteiger partial charge on any atom is -0.332 e. The summed E-state index contributed by atoms with van der Waals surface area (Å²) in [6, 6.07) is 6.07. The van der Waals surface area contributed by atoms with Crippen molar-refractivity contribution in [3.63, 3.8) is 0 Å². The second-order valence-electron chi connectivity index (χ2n) is 4.66. The highest BCUT2D eigenvalue weighted by atomic mass is 79.9. The zero-order valence-electron chi connectivity index (χ0n) is 12.0. The molecule has 0 spiro atoms. The van der Waals surface area contributed by atoms with E-state index in [4.69, 9.17) is 12.2 Å². The summed E-state index contributed by atoms with van der Waals surface area (Å²) in [5.41, 5.74) is -0.170. The average molecular weight is 421 g/mol. The predicted octanol–water partition coefficient (Wildman–Crippen LogP) is 5.02. The van der Waals surface area contributed by atoms with Gasteiger partial charge < -0.3 is 10.6 Å². The van der Waals surface area contributed by atoms with Gasteiger partial charge in [0.15, 0.2) is 34.2 Å². The molecule has 2 N–H and O–H groups in total. The molecule has 2 aromatic carbocycles. The maximum atomic E-state index is 13.7. The number of Topliss-reactive ketones (excluding diaryl/α,β-unsaturated/α-hetero) is 1. The van der Waals surface area contributed by atoms with Crippen molar-refractivity contribution in [3.8, 4) is 0 Å². The lowest BCUT2D eigenvalue weighted by Crippen LogP contribution is -2.21. The lowest BCUT2D eigenvalue weighted by Gasteiger charge is -2.13. The number of hydrogen-bond acceptors (Lipinski definition) is 2. The lowest BCUT2D eigenvalue weighted by molar-refractivity contribution is 0.101. The number of halogens is 5. The van der Waals surface area contributed by atoms with Gasteiger partial charge in [0.1, 0.15) is 5.69 Å². The molecule has 0 radical (unpaired) electrons. The van der Waals surface area contributed by atoms with Gasteiger partial charge in [-0.2, -0.15) is 0 Å². The predicted molar refractivity (Wildman–Crippen MR) is 90.3 cm³/mol. The molecule has 0 unspecified atom stereocenters. The Bertz CT molecular complexity index is 798. The van der Waals surface area contributed by atoms with Crippen LogP contribution in [-0.2, 0) is 0 Å². The molecule has 0 amide bonds. The van der Waals surface area contributed by atoms with Gasteiger partial charge >= 0.3 is 0 Å². The van der Waals surface area contributed by atoms with E-state index in [9.17, 15) is 22.4 Å². The number of rotatable bonds is 3. The molecule has 24 heavy (non-hydrogen) atoms. The van der Waals surface area contributed by atoms with Crippen LogP contribution in [0.3, 0.4) is 0 Å². The van der Waals surface area contributed by atoms with Gasteiger partial charge in [0, 0.05) is 11.3 Å². The molecule has 0 fully saturated rings. The van der Waals surface area contributed by atoms with Gasteiger partial charge in [0.05, 0.1) is 4.47 Å². The first-order chi connectivity index (χ1) is 11.2. The van der Waals surface area contributed by atoms with Crippen molar-refractivity contribution in [2.45, 2.75) is 6.92 Å². The van der Waals surface area contributed by atoms with E-state index in [-0.39, 0.29) is 10.9 Å². The fourth-order valence-corrected chi connectivity index (χ4v) is 2.35. The summed E-state index contributed by atoms with van der Waals surface area (Å²) in [6.45, 7) is 1.40. The third kappa shape index (κ3) is 3.73. The first-order valence-corrected chi connectivity index (χ1v) is 7.63. The molecule has 0 saturated heterocycles. The van der Waals surface area contributed by atoms with Gasteiger partial charge in [-0.15, -0.1) is 0 Å². The minimum atomic E-state index is -1.61. The Labute approximate surface area is 148 Å². The molecule has 2 rings (SSSR count). The molecule has 0 atom stereocenters. The van der Waals surface area contributed by atoms with Crippen LogP contribution in [0.4, 0.5) is 28.9 Å². The first-order valence-electron chi connectivity index (χ1n) is 6.42. The molecule has 9 heteroatoms. The molecule has 2 aromatic rings. The maximum Gasteiger partial charge on any atom is 0.186 e. The molecule has 0 aliphatic heterocycles. The molecule has 0 aliphatic carbocycles. The van der Waals surface area contributed by atoms with Crippen LogP contribution in [-0.4, -0.2) is 10.9 Å². The fraction of sp³-hybridized carbons (Fsp3) is 0.0667. The van der Waals surface area contributed by atoms with Crippen molar-refractivity contribution in [1.82, 2.24) is 0 Å². The van der Waals surface area contributed by atoms with Crippen LogP contribution in [0, 0.1) is 23.3 Å². The van der Waals surface area contributed by atoms with Crippen LogP contribution in [0.1, 0.15) is 17.3 Å². The number of carbonyl (C=O) groups excluding carboxylic acids is 1. The van der Waals surface area contributed by atoms with Crippen LogP contribution < -0.4 is 10.6 Å². The number of hydrogen-bond donors (Lipinski definition) is 2. The van der Waals surface area contributed by atoms with Gasteiger partial charge in [-0.05, 0) is 59.3 Å². The number of carbonyl (C=O) groups is 1. The van der Waals surface area contributed by atoms with Gasteiger partial charge in [-0.1, -0.05) is 0 Å². The molecule has 0 bridgehead atoms. The van der Waals surface area contributed by atoms with Crippen molar-refractivity contribution in [3.05, 3.63) is 57.6 Å². The van der Waals surface area contributed by atoms with E-state index < -0.39 is 33.4 Å². The number of anilines is 2. The Morgan fingerprint density at radius 3 is 1.92 bits per heavy atom. The summed E-state index contributed by atoms with van der Waals surface area (Å²) in [5, 5.41) is 4.37. The van der Waals surface area contributed by atoms with Gasteiger partial charge in [-0.3, -0.25) is 4.79 Å². The highest BCUT2D eigenvalue weighted by molar-refractivity contribution is 9.10. The monoisotopic (exact) mass is 420 g/mol. The molecule has 0 aliphatic rings. The van der Waals surface area contributed by atoms with E-state index in [1.165, 1.54) is 31.2 Å². The summed E-state index contributed by atoms with van der Waals surface area (Å²) >= 11 is 7.28. The van der Waals surface area contributed by atoms with Crippen LogP contribution in [0.5, 0.6) is 0 Å². The van der Waals surface area contributed by atoms with Crippen molar-refractivity contribution < 1.29 is 22.4 Å². The largest absolute Gasteiger partial charge is 0.332 e. The minimum absolute atomic E-state index is 0.132. The maximum absolute atomic E-state index is 13.7. The van der Waals surface area contributed by atoms with E-state index in [0.29, 0.717) is 11.3 Å². The third-order valence-corrected chi connectivity index (χ3v) is 3.90. The Balaban J connectivity index is 2.20. The molecular formula is C15H9BrF4N2OS. The van der Waals surface area contributed by atoms with E-state index in [1.807, 2.05) is 0 Å². The second kappa shape index (κ2) is 7.27. The Morgan fingerprint density at radius 2 is 1.46 bits per heavy atom. The van der Waals surface area contributed by atoms with Crippen molar-refractivity contribution in [2.75, 3.05) is 10.6 Å². The van der Waals surface area contributed by atoms with Crippen molar-refractivity contribution in [1.29, 1.82) is 0 Å². The van der Waals surface area contributed by atoms with Gasteiger partial charge in [0.25, 0.3) is 0 Å². The fourth-order valence-electron chi connectivity index (χ4n) is 1.78. The van der Waals surface area contributed by atoms with Gasteiger partial charge in [-0.25, -0.2) is 17.6 Å². The molecule has 126 valence electrons. The SMILES string of the molecule is CC(=O)c1ccc(NC(=S)Nc2c(F)c(F)c(Br)c(F)c2F)cc1.